The predicted molar refractivity (Wildman–Crippen MR) is 107 cm³/mol. The van der Waals surface area contributed by atoms with Gasteiger partial charge in [0.25, 0.3) is 0 Å². The van der Waals surface area contributed by atoms with Crippen LogP contribution in [0.15, 0.2) is 24.5 Å². The number of nitrogens with zero attached hydrogens (tertiary/aromatic N) is 4. The van der Waals surface area contributed by atoms with E-state index in [0.717, 1.165) is 11.3 Å². The lowest BCUT2D eigenvalue weighted by atomic mass is 10.0. The van der Waals surface area contributed by atoms with Gasteiger partial charge < -0.3 is 19.3 Å². The molecule has 3 rings (SSSR count). The highest BCUT2D eigenvalue weighted by atomic mass is 16.6. The van der Waals surface area contributed by atoms with E-state index in [0.29, 0.717) is 31.7 Å². The Bertz CT molecular complexity index is 883. The Labute approximate surface area is 168 Å². The minimum Gasteiger partial charge on any atom is -0.490 e. The van der Waals surface area contributed by atoms with E-state index in [9.17, 15) is 14.9 Å². The number of methoxy groups -OCH3 is 1. The second kappa shape index (κ2) is 7.98. The zero-order valence-electron chi connectivity index (χ0n) is 17.0. The van der Waals surface area contributed by atoms with Gasteiger partial charge in [-0.3, -0.25) is 15.2 Å². The lowest BCUT2D eigenvalue weighted by Gasteiger charge is -2.37. The number of ether oxygens (including phenoxy) is 2. The van der Waals surface area contributed by atoms with Gasteiger partial charge >= 0.3 is 11.8 Å². The Morgan fingerprint density at radius 2 is 1.93 bits per heavy atom. The van der Waals surface area contributed by atoms with Gasteiger partial charge in [0.2, 0.25) is 0 Å². The second-order valence-electron chi connectivity index (χ2n) is 7.74. The van der Waals surface area contributed by atoms with Crippen molar-refractivity contribution in [2.45, 2.75) is 26.4 Å². The summed E-state index contributed by atoms with van der Waals surface area (Å²) in [6.07, 6.45) is 2.96. The normalized spacial score (nSPS) is 14.6. The summed E-state index contributed by atoms with van der Waals surface area (Å²) in [5.74, 6) is 0.187. The Balaban J connectivity index is 1.87. The number of amides is 1. The van der Waals surface area contributed by atoms with E-state index in [1.54, 1.807) is 23.4 Å². The van der Waals surface area contributed by atoms with Crippen molar-refractivity contribution in [3.8, 4) is 16.9 Å². The molecule has 1 fully saturated rings. The Hall–Kier alpha value is -3.30. The molecule has 0 spiro atoms. The van der Waals surface area contributed by atoms with E-state index in [2.05, 4.69) is 15.1 Å². The largest absolute Gasteiger partial charge is 0.490 e. The van der Waals surface area contributed by atoms with E-state index in [1.165, 1.54) is 13.2 Å². The minimum absolute atomic E-state index is 0.111. The van der Waals surface area contributed by atoms with Crippen molar-refractivity contribution in [3.05, 3.63) is 34.6 Å². The number of piperazine rings is 1. The van der Waals surface area contributed by atoms with Crippen LogP contribution in [0.4, 0.5) is 16.2 Å². The van der Waals surface area contributed by atoms with Gasteiger partial charge in [0.1, 0.15) is 5.60 Å². The van der Waals surface area contributed by atoms with Crippen molar-refractivity contribution < 1.29 is 19.2 Å². The molecule has 29 heavy (non-hydrogen) atoms. The van der Waals surface area contributed by atoms with Crippen LogP contribution in [0.3, 0.4) is 0 Å². The summed E-state index contributed by atoms with van der Waals surface area (Å²) >= 11 is 0. The molecule has 1 aliphatic heterocycles. The Kier molecular flexibility index (Phi) is 5.62. The molecule has 1 saturated heterocycles. The van der Waals surface area contributed by atoms with Gasteiger partial charge in [0.15, 0.2) is 5.75 Å². The lowest BCUT2D eigenvalue weighted by Crippen LogP contribution is -2.50. The van der Waals surface area contributed by atoms with Gasteiger partial charge in [-0.05, 0) is 20.8 Å². The maximum absolute atomic E-state index is 12.3. The third-order valence-corrected chi connectivity index (χ3v) is 4.58. The third-order valence-electron chi connectivity index (χ3n) is 4.58. The molecule has 10 heteroatoms. The molecule has 1 N–H and O–H groups in total. The van der Waals surface area contributed by atoms with Crippen LogP contribution in [-0.2, 0) is 4.74 Å². The van der Waals surface area contributed by atoms with Crippen molar-refractivity contribution in [2.24, 2.45) is 0 Å². The summed E-state index contributed by atoms with van der Waals surface area (Å²) < 4.78 is 10.7. The van der Waals surface area contributed by atoms with Gasteiger partial charge in [-0.2, -0.15) is 5.10 Å². The van der Waals surface area contributed by atoms with Gasteiger partial charge in [-0.1, -0.05) is 0 Å². The molecule has 2 heterocycles. The van der Waals surface area contributed by atoms with Crippen LogP contribution in [-0.4, -0.2) is 65.0 Å². The number of aromatic amines is 1. The molecule has 10 nitrogen and oxygen atoms in total. The second-order valence-corrected chi connectivity index (χ2v) is 7.74. The van der Waals surface area contributed by atoms with Crippen molar-refractivity contribution in [1.29, 1.82) is 0 Å². The first-order chi connectivity index (χ1) is 13.7. The number of aromatic nitrogens is 2. The first-order valence-corrected chi connectivity index (χ1v) is 9.28. The molecule has 0 atom stereocenters. The summed E-state index contributed by atoms with van der Waals surface area (Å²) in [7, 11) is 1.41. The molecule has 0 bridgehead atoms. The van der Waals surface area contributed by atoms with Crippen molar-refractivity contribution in [1.82, 2.24) is 15.1 Å². The Morgan fingerprint density at radius 1 is 1.24 bits per heavy atom. The fraction of sp³-hybridized carbons (Fsp3) is 0.474. The minimum atomic E-state index is -0.547. The van der Waals surface area contributed by atoms with Gasteiger partial charge in [-0.25, -0.2) is 4.79 Å². The zero-order valence-corrected chi connectivity index (χ0v) is 17.0. The average Bonchev–Trinajstić information content (AvgIpc) is 3.20. The molecule has 2 aromatic rings. The van der Waals surface area contributed by atoms with Crippen molar-refractivity contribution in [2.75, 3.05) is 38.2 Å². The average molecular weight is 403 g/mol. The van der Waals surface area contributed by atoms with Crippen molar-refractivity contribution >= 4 is 17.5 Å². The van der Waals surface area contributed by atoms with Crippen LogP contribution in [0.2, 0.25) is 0 Å². The summed E-state index contributed by atoms with van der Waals surface area (Å²) in [6, 6.07) is 3.17. The van der Waals surface area contributed by atoms with Crippen molar-refractivity contribution in [3.63, 3.8) is 0 Å². The molecular formula is C19H25N5O5. The van der Waals surface area contributed by atoms with Crippen LogP contribution < -0.4 is 9.64 Å². The molecule has 1 aromatic carbocycles. The zero-order chi connectivity index (χ0) is 21.2. The first-order valence-electron chi connectivity index (χ1n) is 9.28. The molecule has 0 saturated carbocycles. The maximum atomic E-state index is 12.3. The number of nitrogens with one attached hydrogen (secondary N) is 1. The highest BCUT2D eigenvalue weighted by molar-refractivity contribution is 5.83. The number of H-pyrrole nitrogens is 1. The number of rotatable bonds is 4. The first kappa shape index (κ1) is 20.4. The van der Waals surface area contributed by atoms with E-state index in [4.69, 9.17) is 9.47 Å². The van der Waals surface area contributed by atoms with Gasteiger partial charge in [0.05, 0.1) is 18.2 Å². The van der Waals surface area contributed by atoms with Crippen LogP contribution in [0.5, 0.6) is 5.75 Å². The molecule has 0 radical (unpaired) electrons. The van der Waals surface area contributed by atoms with E-state index < -0.39 is 10.5 Å². The number of nitro groups is 1. The highest BCUT2D eigenvalue weighted by Crippen LogP contribution is 2.40. The summed E-state index contributed by atoms with van der Waals surface area (Å²) in [4.78, 5) is 27.0. The van der Waals surface area contributed by atoms with Crippen LogP contribution in [0.25, 0.3) is 11.1 Å². The smallest absolute Gasteiger partial charge is 0.410 e. The maximum Gasteiger partial charge on any atom is 0.410 e. The SMILES string of the molecule is COc1cc(N2CCN(C(=O)OC(C)(C)C)CC2)c(-c2cn[nH]c2)cc1[N+](=O)[O-]. The van der Waals surface area contributed by atoms with E-state index in [-0.39, 0.29) is 17.5 Å². The summed E-state index contributed by atoms with van der Waals surface area (Å²) in [5, 5.41) is 18.1. The highest BCUT2D eigenvalue weighted by Gasteiger charge is 2.29. The van der Waals surface area contributed by atoms with Crippen LogP contribution in [0, 0.1) is 10.1 Å². The number of carbonyl (C=O) groups is 1. The topological polar surface area (TPSA) is 114 Å². The molecule has 0 aliphatic carbocycles. The van der Waals surface area contributed by atoms with E-state index >= 15 is 0 Å². The van der Waals surface area contributed by atoms with Crippen LogP contribution in [0.1, 0.15) is 20.8 Å². The van der Waals surface area contributed by atoms with Crippen LogP contribution >= 0.6 is 0 Å². The van der Waals surface area contributed by atoms with Gasteiger partial charge in [-0.15, -0.1) is 0 Å². The summed E-state index contributed by atoms with van der Waals surface area (Å²) in [5.41, 5.74) is 1.55. The number of nitro benzene ring substituents is 1. The monoisotopic (exact) mass is 403 g/mol. The molecule has 1 aromatic heterocycles. The molecular weight excluding hydrogens is 378 g/mol. The molecule has 1 aliphatic rings. The fourth-order valence-electron chi connectivity index (χ4n) is 3.21. The number of hydrogen-bond acceptors (Lipinski definition) is 7. The molecule has 0 unspecified atom stereocenters. The Morgan fingerprint density at radius 3 is 2.45 bits per heavy atom. The molecule has 1 amide bonds. The third kappa shape index (κ3) is 4.58. The van der Waals surface area contributed by atoms with Gasteiger partial charge in [0, 0.05) is 61.3 Å². The quantitative estimate of drug-likeness (QED) is 0.616. The standard InChI is InChI=1S/C19H25N5O5/c1-19(2,3)29-18(25)23-7-5-22(6-8-23)15-10-17(28-4)16(24(26)27)9-14(15)13-11-20-21-12-13/h9-12H,5-8H2,1-4H3,(H,20,21). The number of anilines is 1. The van der Waals surface area contributed by atoms with E-state index in [1.807, 2.05) is 20.8 Å². The molecule has 156 valence electrons. The predicted octanol–water partition coefficient (Wildman–Crippen LogP) is 3.05. The number of hydrogen-bond donors (Lipinski definition) is 1. The summed E-state index contributed by atoms with van der Waals surface area (Å²) in [6.45, 7) is 7.60. The number of carbonyl (C=O) groups excluding carboxylic acids is 1. The lowest BCUT2D eigenvalue weighted by molar-refractivity contribution is -0.385. The fourth-order valence-corrected chi connectivity index (χ4v) is 3.21. The number of benzene rings is 1.